The van der Waals surface area contributed by atoms with Crippen LogP contribution in [0.25, 0.3) is 0 Å². The SMILES string of the molecule is CC(C)(C)[Si](C)([Si]1=[Ge][CH]=C[Si]1([Si](C)(C(C)(C)C)C(C)(C)C)[Si](C)(C(C)(C)C)C(C)(C)C)C(C)(C)C. The van der Waals surface area contributed by atoms with Crippen molar-refractivity contribution in [2.45, 2.75) is 174 Å². The van der Waals surface area contributed by atoms with Gasteiger partial charge in [-0.3, -0.25) is 0 Å². The Morgan fingerprint density at radius 3 is 0.943 bits per heavy atom. The molecule has 0 spiro atoms. The first-order valence-electron chi connectivity index (χ1n) is 14.2. The van der Waals surface area contributed by atoms with Crippen molar-refractivity contribution in [3.63, 3.8) is 0 Å². The molecule has 1 rings (SSSR count). The van der Waals surface area contributed by atoms with E-state index in [0.29, 0.717) is 30.2 Å². The molecular formula is C29H65GeSi5. The van der Waals surface area contributed by atoms with Crippen molar-refractivity contribution in [1.82, 2.24) is 0 Å². The van der Waals surface area contributed by atoms with Crippen LogP contribution in [0.4, 0.5) is 0 Å². The molecule has 0 aromatic heterocycles. The zero-order chi connectivity index (χ0) is 28.7. The van der Waals surface area contributed by atoms with Crippen LogP contribution in [0, 0.1) is 0 Å². The van der Waals surface area contributed by atoms with Gasteiger partial charge in [0.25, 0.3) is 0 Å². The monoisotopic (exact) mass is 627 g/mol. The van der Waals surface area contributed by atoms with Gasteiger partial charge in [-0.25, -0.2) is 0 Å². The first kappa shape index (κ1) is 34.4. The van der Waals surface area contributed by atoms with Crippen LogP contribution >= 0.6 is 0 Å². The number of rotatable bonds is 3. The average molecular weight is 627 g/mol. The van der Waals surface area contributed by atoms with Crippen LogP contribution in [0.1, 0.15) is 125 Å². The molecule has 1 aliphatic heterocycles. The first-order chi connectivity index (χ1) is 14.8. The van der Waals surface area contributed by atoms with Crippen LogP contribution in [-0.4, -0.2) is 49.6 Å². The predicted molar refractivity (Wildman–Crippen MR) is 180 cm³/mol. The molecule has 205 valence electrons. The van der Waals surface area contributed by atoms with Gasteiger partial charge in [-0.05, 0) is 0 Å². The summed E-state index contributed by atoms with van der Waals surface area (Å²) < 4.78 is 0. The van der Waals surface area contributed by atoms with Crippen molar-refractivity contribution >= 4 is 49.6 Å². The third kappa shape index (κ3) is 4.62. The molecule has 1 radical (unpaired) electrons. The van der Waals surface area contributed by atoms with Gasteiger partial charge in [-0.15, -0.1) is 0 Å². The van der Waals surface area contributed by atoms with Gasteiger partial charge in [0, 0.05) is 0 Å². The molecule has 0 aromatic carbocycles. The molecule has 1 heterocycles. The van der Waals surface area contributed by atoms with Gasteiger partial charge in [0.2, 0.25) is 0 Å². The average Bonchev–Trinajstić information content (AvgIpc) is 2.99. The summed E-state index contributed by atoms with van der Waals surface area (Å²) in [7, 11) is -5.32. The Morgan fingerprint density at radius 1 is 0.486 bits per heavy atom. The fourth-order valence-corrected chi connectivity index (χ4v) is 216. The second-order valence-corrected chi connectivity index (χ2v) is 74.3. The molecule has 1 aliphatic rings. The van der Waals surface area contributed by atoms with Crippen molar-refractivity contribution in [2.24, 2.45) is 0 Å². The predicted octanol–water partition coefficient (Wildman–Crippen LogP) is 10.5. The van der Waals surface area contributed by atoms with Gasteiger partial charge in [-0.2, -0.15) is 0 Å². The van der Waals surface area contributed by atoms with E-state index in [-0.39, 0.29) is 14.3 Å². The molecule has 0 atom stereocenters. The Labute approximate surface area is 233 Å². The van der Waals surface area contributed by atoms with E-state index in [9.17, 15) is 0 Å². The molecule has 0 fully saturated rings. The minimum absolute atomic E-state index is 0.0236. The molecular weight excluding hydrogens is 561 g/mol. The third-order valence-corrected chi connectivity index (χ3v) is 136. The molecule has 0 nitrogen and oxygen atoms in total. The molecule has 0 aliphatic carbocycles. The van der Waals surface area contributed by atoms with Crippen LogP contribution in [0.2, 0.25) is 49.9 Å². The van der Waals surface area contributed by atoms with Crippen molar-refractivity contribution in [3.8, 4) is 0 Å². The maximum atomic E-state index is 3.18. The van der Waals surface area contributed by atoms with E-state index in [1.807, 2.05) is 0 Å². The van der Waals surface area contributed by atoms with Crippen LogP contribution in [-0.2, 0) is 0 Å². The molecule has 0 N–H and O–H groups in total. The van der Waals surface area contributed by atoms with E-state index in [0.717, 1.165) is 0 Å². The molecule has 0 saturated heterocycles. The summed E-state index contributed by atoms with van der Waals surface area (Å²) in [5.41, 5.74) is 3.18. The fourth-order valence-electron chi connectivity index (χ4n) is 8.81. The van der Waals surface area contributed by atoms with Crippen molar-refractivity contribution in [1.29, 1.82) is 0 Å². The summed E-state index contributed by atoms with van der Waals surface area (Å²) in [6.45, 7) is 55.4. The van der Waals surface area contributed by atoms with Crippen LogP contribution in [0.5, 0.6) is 0 Å². The fraction of sp³-hybridized carbons (Fsp3) is 0.931. The van der Waals surface area contributed by atoms with E-state index in [1.165, 1.54) is 0 Å². The van der Waals surface area contributed by atoms with Gasteiger partial charge in [0.1, 0.15) is 0 Å². The normalized spacial score (nSPS) is 19.3. The van der Waals surface area contributed by atoms with E-state index in [2.05, 4.69) is 155 Å². The summed E-state index contributed by atoms with van der Waals surface area (Å²) in [6, 6.07) is 0. The van der Waals surface area contributed by atoms with Crippen molar-refractivity contribution < 1.29 is 0 Å². The van der Waals surface area contributed by atoms with Crippen LogP contribution in [0.15, 0.2) is 10.6 Å². The Morgan fingerprint density at radius 2 is 0.743 bits per heavy atom. The molecule has 35 heavy (non-hydrogen) atoms. The Hall–Kier alpha value is 1.37. The van der Waals surface area contributed by atoms with Gasteiger partial charge in [-0.1, -0.05) is 0 Å². The van der Waals surface area contributed by atoms with Crippen molar-refractivity contribution in [2.75, 3.05) is 0 Å². The third-order valence-electron chi connectivity index (χ3n) is 12.0. The van der Waals surface area contributed by atoms with E-state index in [1.54, 1.807) is 0 Å². The molecule has 0 unspecified atom stereocenters. The molecule has 0 bridgehead atoms. The summed E-state index contributed by atoms with van der Waals surface area (Å²) in [4.78, 5) is 2.94. The molecule has 0 amide bonds. The van der Waals surface area contributed by atoms with Crippen LogP contribution in [0.3, 0.4) is 0 Å². The Bertz CT molecular complexity index is 776. The second-order valence-electron chi connectivity index (χ2n) is 18.5. The van der Waals surface area contributed by atoms with Gasteiger partial charge < -0.3 is 0 Å². The summed E-state index contributed by atoms with van der Waals surface area (Å²) in [5.74, 6) is -0.489. The number of hydrogen-bond acceptors (Lipinski definition) is 0. The minimum atomic E-state index is -1.85. The van der Waals surface area contributed by atoms with Gasteiger partial charge in [0.05, 0.1) is 0 Å². The van der Waals surface area contributed by atoms with E-state index >= 15 is 0 Å². The van der Waals surface area contributed by atoms with E-state index < -0.39 is 35.3 Å². The topological polar surface area (TPSA) is 0 Å². The second kappa shape index (κ2) is 9.20. The van der Waals surface area contributed by atoms with Gasteiger partial charge in [0.15, 0.2) is 0 Å². The number of hydrogen-bond donors (Lipinski definition) is 0. The van der Waals surface area contributed by atoms with Crippen molar-refractivity contribution in [3.05, 3.63) is 10.6 Å². The van der Waals surface area contributed by atoms with Crippen LogP contribution < -0.4 is 0 Å². The summed E-state index contributed by atoms with van der Waals surface area (Å²) in [5, 5.41) is 2.52. The zero-order valence-electron chi connectivity index (χ0n) is 28.2. The summed E-state index contributed by atoms with van der Waals surface area (Å²) in [6.07, 6.45) is 0. The quantitative estimate of drug-likeness (QED) is 0.274. The van der Waals surface area contributed by atoms with E-state index in [4.69, 9.17) is 0 Å². The molecule has 0 aromatic rings. The first-order valence-corrected chi connectivity index (χ1v) is 33.6. The molecule has 6 heteroatoms. The molecule has 0 saturated carbocycles. The maximum absolute atomic E-state index is 3.18. The standard InChI is InChI=1S/C29H65GeSi5/c1-24(2,3)32(19,25(4,5)6)31-30-22-23-35(31,33(20,26(7,8)9)27(10,11)12)34(21,28(13,14)15)29(16,17)18/h22-23H,1-21H3. The Kier molecular flexibility index (Phi) is 9.05. The summed E-state index contributed by atoms with van der Waals surface area (Å²) >= 11 is -0.0236. The zero-order valence-corrected chi connectivity index (χ0v) is 35.3. The van der Waals surface area contributed by atoms with Gasteiger partial charge >= 0.3 is 235 Å². The Balaban J connectivity index is 4.71.